The summed E-state index contributed by atoms with van der Waals surface area (Å²) >= 11 is 0. The number of pyridine rings is 1. The summed E-state index contributed by atoms with van der Waals surface area (Å²) < 4.78 is 27.4. The van der Waals surface area contributed by atoms with E-state index >= 15 is 0 Å². The summed E-state index contributed by atoms with van der Waals surface area (Å²) in [7, 11) is 4.09. The molecule has 3 aliphatic rings. The van der Waals surface area contributed by atoms with E-state index in [1.54, 1.807) is 17.3 Å². The Morgan fingerprint density at radius 2 is 1.98 bits per heavy atom. The second kappa shape index (κ2) is 10.9. The summed E-state index contributed by atoms with van der Waals surface area (Å²) in [6.07, 6.45) is 4.36. The van der Waals surface area contributed by atoms with E-state index in [-0.39, 0.29) is 24.9 Å². The molecule has 7 nitrogen and oxygen atoms in total. The molecule has 1 unspecified atom stereocenters. The third kappa shape index (κ3) is 6.16. The molecular weight excluding hydrogens is 522 g/mol. The molecule has 214 valence electrons. The second-order valence-corrected chi connectivity index (χ2v) is 11.8. The molecule has 0 radical (unpaired) electrons. The number of carbonyl (C=O) groups excluding carboxylic acids is 1. The summed E-state index contributed by atoms with van der Waals surface area (Å²) in [5.74, 6) is -2.49. The highest BCUT2D eigenvalue weighted by Crippen LogP contribution is 2.49. The number of aliphatic imine (C=N–C) groups is 1. The van der Waals surface area contributed by atoms with Crippen LogP contribution in [0.15, 0.2) is 59.9 Å². The number of benzene rings is 2. The summed E-state index contributed by atoms with van der Waals surface area (Å²) in [5, 5.41) is 6.51. The van der Waals surface area contributed by atoms with Crippen molar-refractivity contribution in [2.45, 2.75) is 44.2 Å². The number of nitrogens with zero attached hydrogens (tertiary/aromatic N) is 4. The van der Waals surface area contributed by atoms with E-state index in [0.29, 0.717) is 24.7 Å². The number of nitrogens with one attached hydrogen (secondary N) is 2. The Labute approximate surface area is 239 Å². The van der Waals surface area contributed by atoms with Gasteiger partial charge in [0.05, 0.1) is 12.6 Å². The van der Waals surface area contributed by atoms with Crippen molar-refractivity contribution in [1.82, 2.24) is 14.8 Å². The molecule has 1 aliphatic carbocycles. The Balaban J connectivity index is 1.20. The van der Waals surface area contributed by atoms with Crippen LogP contribution in [0.3, 0.4) is 0 Å². The van der Waals surface area contributed by atoms with Gasteiger partial charge >= 0.3 is 0 Å². The monoisotopic (exact) mass is 558 g/mol. The lowest BCUT2D eigenvalue weighted by molar-refractivity contribution is -0.110. The van der Waals surface area contributed by atoms with Crippen LogP contribution in [-0.4, -0.2) is 78.6 Å². The van der Waals surface area contributed by atoms with Crippen molar-refractivity contribution >= 4 is 23.0 Å². The number of alkyl halides is 2. The average molecular weight is 559 g/mol. The standard InChI is InChI=1S/C32H36F2N6O/c1-20-12-24(5-7-28(20)36-9-11-39(2)3)37-31(41)30-27-14-22(4-6-25(27)26-15-29(26)38-30)23-13-21(16-35-17-23)18-40-10-8-32(33,34)19-40/h4-7,12-14,16-17,26,29,36H,8-11,15,18-19H2,1-3H3,(H,37,41)/t26-,29?/m0/s1. The van der Waals surface area contributed by atoms with Gasteiger partial charge in [-0.05, 0) is 80.0 Å². The van der Waals surface area contributed by atoms with Crippen LogP contribution in [0.2, 0.25) is 0 Å². The topological polar surface area (TPSA) is 72.9 Å². The maximum atomic E-state index is 13.7. The first kappa shape index (κ1) is 27.5. The Morgan fingerprint density at radius 1 is 1.12 bits per heavy atom. The van der Waals surface area contributed by atoms with Crippen molar-refractivity contribution in [2.24, 2.45) is 4.99 Å². The molecule has 9 heteroatoms. The quantitative estimate of drug-likeness (QED) is 0.379. The predicted octanol–water partition coefficient (Wildman–Crippen LogP) is 5.17. The van der Waals surface area contributed by atoms with E-state index in [4.69, 9.17) is 4.99 Å². The van der Waals surface area contributed by atoms with E-state index in [1.165, 1.54) is 0 Å². The molecule has 3 aromatic rings. The number of halogens is 2. The molecule has 41 heavy (non-hydrogen) atoms. The van der Waals surface area contributed by atoms with Gasteiger partial charge in [0.15, 0.2) is 0 Å². The third-order valence-corrected chi connectivity index (χ3v) is 8.12. The molecule has 0 bridgehead atoms. The maximum absolute atomic E-state index is 13.7. The normalized spacial score (nSPS) is 20.8. The first-order chi connectivity index (χ1) is 19.6. The van der Waals surface area contributed by atoms with Gasteiger partial charge < -0.3 is 15.5 Å². The number of aryl methyl sites for hydroxylation is 1. The van der Waals surface area contributed by atoms with Crippen LogP contribution in [0.25, 0.3) is 11.1 Å². The molecule has 1 amide bonds. The van der Waals surface area contributed by atoms with Crippen molar-refractivity contribution in [3.05, 3.63) is 77.1 Å². The van der Waals surface area contributed by atoms with Crippen LogP contribution < -0.4 is 10.6 Å². The SMILES string of the molecule is Cc1cc(NC(=O)C2=NC3C[C@H]3c3ccc(-c4cncc(CN5CCC(F)(F)C5)c4)cc32)ccc1NCCN(C)C. The van der Waals surface area contributed by atoms with Crippen molar-refractivity contribution in [3.8, 4) is 11.1 Å². The fraction of sp³-hybridized carbons (Fsp3) is 0.406. The van der Waals surface area contributed by atoms with Gasteiger partial charge in [-0.2, -0.15) is 0 Å². The Bertz CT molecular complexity index is 1500. The third-order valence-electron chi connectivity index (χ3n) is 8.12. The first-order valence-corrected chi connectivity index (χ1v) is 14.2. The van der Waals surface area contributed by atoms with Gasteiger partial charge in [-0.25, -0.2) is 8.78 Å². The largest absolute Gasteiger partial charge is 0.384 e. The van der Waals surface area contributed by atoms with Crippen LogP contribution in [0.5, 0.6) is 0 Å². The highest BCUT2D eigenvalue weighted by atomic mass is 19.3. The molecule has 2 N–H and O–H groups in total. The van der Waals surface area contributed by atoms with Crippen molar-refractivity contribution in [2.75, 3.05) is 50.9 Å². The molecule has 0 spiro atoms. The molecule has 2 aliphatic heterocycles. The van der Waals surface area contributed by atoms with Crippen molar-refractivity contribution in [1.29, 1.82) is 0 Å². The van der Waals surface area contributed by atoms with Gasteiger partial charge in [0.25, 0.3) is 11.8 Å². The zero-order valence-electron chi connectivity index (χ0n) is 23.8. The van der Waals surface area contributed by atoms with Gasteiger partial charge in [-0.1, -0.05) is 12.1 Å². The van der Waals surface area contributed by atoms with Crippen molar-refractivity contribution < 1.29 is 13.6 Å². The lowest BCUT2D eigenvalue weighted by Gasteiger charge is -2.19. The molecule has 6 rings (SSSR count). The predicted molar refractivity (Wildman–Crippen MR) is 159 cm³/mol. The molecule has 1 aromatic heterocycles. The van der Waals surface area contributed by atoms with E-state index < -0.39 is 5.92 Å². The number of anilines is 2. The van der Waals surface area contributed by atoms with E-state index in [0.717, 1.165) is 64.3 Å². The highest BCUT2D eigenvalue weighted by molar-refractivity contribution is 6.49. The molecule has 1 saturated heterocycles. The Morgan fingerprint density at radius 3 is 2.73 bits per heavy atom. The number of hydrogen-bond acceptors (Lipinski definition) is 6. The molecule has 3 heterocycles. The van der Waals surface area contributed by atoms with Crippen LogP contribution in [0, 0.1) is 6.92 Å². The lowest BCUT2D eigenvalue weighted by atomic mass is 9.92. The molecule has 2 aromatic carbocycles. The number of amides is 1. The molecular formula is C32H36F2N6O. The van der Waals surface area contributed by atoms with E-state index in [1.807, 2.05) is 51.4 Å². The first-order valence-electron chi connectivity index (χ1n) is 14.2. The Hall–Kier alpha value is -3.69. The summed E-state index contributed by atoms with van der Waals surface area (Å²) in [6.45, 7) is 4.39. The molecule has 2 atom stereocenters. The summed E-state index contributed by atoms with van der Waals surface area (Å²) in [4.78, 5) is 26.7. The van der Waals surface area contributed by atoms with E-state index in [2.05, 4.69) is 32.7 Å². The minimum atomic E-state index is -2.62. The zero-order valence-corrected chi connectivity index (χ0v) is 23.8. The van der Waals surface area contributed by atoms with Gasteiger partial charge in [-0.3, -0.25) is 19.7 Å². The number of likely N-dealkylation sites (N-methyl/N-ethyl adjacent to an activating group) is 1. The average Bonchev–Trinajstić information content (AvgIpc) is 3.64. The number of rotatable bonds is 9. The van der Waals surface area contributed by atoms with Gasteiger partial charge in [0, 0.05) is 73.4 Å². The van der Waals surface area contributed by atoms with Crippen LogP contribution in [0.4, 0.5) is 20.2 Å². The fourth-order valence-corrected chi connectivity index (χ4v) is 5.82. The van der Waals surface area contributed by atoms with Gasteiger partial charge in [0.2, 0.25) is 0 Å². The number of aromatic nitrogens is 1. The number of hydrogen-bond donors (Lipinski definition) is 2. The summed E-state index contributed by atoms with van der Waals surface area (Å²) in [5.41, 5.74) is 7.99. The number of likely N-dealkylation sites (tertiary alicyclic amines) is 1. The zero-order chi connectivity index (χ0) is 28.7. The van der Waals surface area contributed by atoms with Gasteiger partial charge in [-0.15, -0.1) is 0 Å². The minimum Gasteiger partial charge on any atom is -0.384 e. The van der Waals surface area contributed by atoms with Gasteiger partial charge in [0.1, 0.15) is 5.71 Å². The molecule has 2 fully saturated rings. The Kier molecular flexibility index (Phi) is 7.34. The maximum Gasteiger partial charge on any atom is 0.274 e. The lowest BCUT2D eigenvalue weighted by Crippen LogP contribution is -2.27. The summed E-state index contributed by atoms with van der Waals surface area (Å²) in [6, 6.07) is 14.2. The number of carbonyl (C=O) groups is 1. The van der Waals surface area contributed by atoms with E-state index in [9.17, 15) is 13.6 Å². The highest BCUT2D eigenvalue weighted by Gasteiger charge is 2.44. The smallest absolute Gasteiger partial charge is 0.274 e. The number of fused-ring (bicyclic) bond motifs is 3. The molecule has 1 saturated carbocycles. The van der Waals surface area contributed by atoms with Crippen LogP contribution in [-0.2, 0) is 11.3 Å². The van der Waals surface area contributed by atoms with Crippen LogP contribution >= 0.6 is 0 Å². The second-order valence-electron chi connectivity index (χ2n) is 11.8. The van der Waals surface area contributed by atoms with Crippen LogP contribution in [0.1, 0.15) is 41.0 Å². The van der Waals surface area contributed by atoms with Crippen molar-refractivity contribution in [3.63, 3.8) is 0 Å². The minimum absolute atomic E-state index is 0.103. The fourth-order valence-electron chi connectivity index (χ4n) is 5.82.